The Balaban J connectivity index is 2.15. The van der Waals surface area contributed by atoms with Crippen molar-refractivity contribution >= 4 is 40.3 Å². The number of rotatable bonds is 5. The minimum atomic E-state index is -1.06. The summed E-state index contributed by atoms with van der Waals surface area (Å²) in [6, 6.07) is 3.26. The third-order valence-corrected chi connectivity index (χ3v) is 5.20. The Kier molecular flexibility index (Phi) is 6.14. The second-order valence-corrected chi connectivity index (χ2v) is 8.71. The summed E-state index contributed by atoms with van der Waals surface area (Å²) in [6.07, 6.45) is 1.05. The molecule has 0 aliphatic heterocycles. The van der Waals surface area contributed by atoms with E-state index in [1.807, 2.05) is 6.92 Å². The van der Waals surface area contributed by atoms with Crippen molar-refractivity contribution in [2.24, 2.45) is 0 Å². The number of carboxylic acid groups (broad SMARTS) is 1. The maximum Gasteiger partial charge on any atom is 0.413 e. The highest BCUT2D eigenvalue weighted by Gasteiger charge is 2.18. The zero-order valence-corrected chi connectivity index (χ0v) is 16.7. The molecule has 2 rings (SSSR count). The van der Waals surface area contributed by atoms with Gasteiger partial charge in [0.15, 0.2) is 5.13 Å². The molecule has 0 aliphatic carbocycles. The van der Waals surface area contributed by atoms with Crippen LogP contribution in [0.5, 0.6) is 5.75 Å². The zero-order valence-electron chi connectivity index (χ0n) is 15.1. The number of carbonyl (C=O) groups is 2. The first-order valence-electron chi connectivity index (χ1n) is 7.64. The molecule has 0 saturated heterocycles. The number of carbonyl (C=O) groups excluding carboxylic acids is 1. The molecule has 9 heteroatoms. The highest BCUT2D eigenvalue weighted by molar-refractivity contribution is 8.01. The van der Waals surface area contributed by atoms with E-state index in [-0.39, 0.29) is 5.56 Å². The standard InChI is InChI=1S/C17H20N2O5S2/c1-9-6-11(23-5)10(14(20)21)7-12(9)25-13-8-18-15(26-13)19-16(22)24-17(2,3)4/h6-8H,1-5H3,(H,20,21)(H,18,19,22). The summed E-state index contributed by atoms with van der Waals surface area (Å²) in [5, 5.41) is 12.3. The van der Waals surface area contributed by atoms with Gasteiger partial charge in [0, 0.05) is 4.90 Å². The number of hydrogen-bond donors (Lipinski definition) is 2. The fraction of sp³-hybridized carbons (Fsp3) is 0.353. The smallest absolute Gasteiger partial charge is 0.413 e. The second kappa shape index (κ2) is 7.96. The molecule has 0 radical (unpaired) electrons. The van der Waals surface area contributed by atoms with Gasteiger partial charge in [-0.1, -0.05) is 23.1 Å². The molecule has 0 atom stereocenters. The van der Waals surface area contributed by atoms with Crippen LogP contribution in [-0.4, -0.2) is 34.9 Å². The van der Waals surface area contributed by atoms with Crippen molar-refractivity contribution in [3.63, 3.8) is 0 Å². The Morgan fingerprint density at radius 2 is 2.00 bits per heavy atom. The number of methoxy groups -OCH3 is 1. The number of nitrogens with zero attached hydrogens (tertiary/aromatic N) is 1. The summed E-state index contributed by atoms with van der Waals surface area (Å²) in [5.74, 6) is -0.740. The predicted octanol–water partition coefficient (Wildman–Crippen LogP) is 4.66. The van der Waals surface area contributed by atoms with E-state index in [1.54, 1.807) is 39.1 Å². The number of aromatic carboxylic acids is 1. The van der Waals surface area contributed by atoms with Crippen molar-refractivity contribution < 1.29 is 24.2 Å². The molecule has 0 bridgehead atoms. The molecular formula is C17H20N2O5S2. The van der Waals surface area contributed by atoms with E-state index in [0.29, 0.717) is 10.9 Å². The molecule has 2 N–H and O–H groups in total. The van der Waals surface area contributed by atoms with Crippen LogP contribution in [0.25, 0.3) is 0 Å². The molecule has 1 aromatic carbocycles. The Hall–Kier alpha value is -2.26. The Morgan fingerprint density at radius 1 is 1.31 bits per heavy atom. The molecule has 0 fully saturated rings. The first-order chi connectivity index (χ1) is 12.1. The number of benzene rings is 1. The SMILES string of the molecule is COc1cc(C)c(Sc2cnc(NC(=O)OC(C)(C)C)s2)cc1C(=O)O. The third kappa shape index (κ3) is 5.37. The first-order valence-corrected chi connectivity index (χ1v) is 9.28. The van der Waals surface area contributed by atoms with Gasteiger partial charge in [-0.25, -0.2) is 14.6 Å². The molecule has 0 unspecified atom stereocenters. The minimum Gasteiger partial charge on any atom is -0.496 e. The fourth-order valence-electron chi connectivity index (χ4n) is 1.97. The number of hydrogen-bond acceptors (Lipinski definition) is 7. The fourth-order valence-corrected chi connectivity index (χ4v) is 3.90. The van der Waals surface area contributed by atoms with Gasteiger partial charge in [-0.3, -0.25) is 5.32 Å². The van der Waals surface area contributed by atoms with Gasteiger partial charge in [0.2, 0.25) is 0 Å². The Morgan fingerprint density at radius 3 is 2.58 bits per heavy atom. The van der Waals surface area contributed by atoms with Crippen LogP contribution in [0.1, 0.15) is 36.7 Å². The van der Waals surface area contributed by atoms with Gasteiger partial charge in [-0.15, -0.1) is 0 Å². The molecule has 1 heterocycles. The lowest BCUT2D eigenvalue weighted by Gasteiger charge is -2.18. The topological polar surface area (TPSA) is 97.8 Å². The lowest BCUT2D eigenvalue weighted by molar-refractivity contribution is 0.0634. The summed E-state index contributed by atoms with van der Waals surface area (Å²) >= 11 is 2.65. The van der Waals surface area contributed by atoms with Crippen molar-refractivity contribution in [2.45, 2.75) is 42.4 Å². The molecule has 0 spiro atoms. The molecule has 7 nitrogen and oxygen atoms in total. The van der Waals surface area contributed by atoms with Gasteiger partial charge in [-0.05, 0) is 45.4 Å². The Labute approximate surface area is 159 Å². The summed E-state index contributed by atoms with van der Waals surface area (Å²) in [7, 11) is 1.44. The number of anilines is 1. The van der Waals surface area contributed by atoms with Crippen molar-refractivity contribution in [2.75, 3.05) is 12.4 Å². The zero-order chi connectivity index (χ0) is 19.5. The first kappa shape index (κ1) is 20.1. The predicted molar refractivity (Wildman–Crippen MR) is 101 cm³/mol. The van der Waals surface area contributed by atoms with Crippen LogP contribution in [-0.2, 0) is 4.74 Å². The lowest BCUT2D eigenvalue weighted by Crippen LogP contribution is -2.27. The van der Waals surface area contributed by atoms with E-state index in [1.165, 1.54) is 30.2 Å². The Bertz CT molecular complexity index is 827. The molecule has 140 valence electrons. The highest BCUT2D eigenvalue weighted by Crippen LogP contribution is 2.38. The van der Waals surface area contributed by atoms with E-state index >= 15 is 0 Å². The maximum atomic E-state index is 11.8. The molecule has 1 aromatic heterocycles. The van der Waals surface area contributed by atoms with Crippen LogP contribution < -0.4 is 10.1 Å². The summed E-state index contributed by atoms with van der Waals surface area (Å²) < 4.78 is 11.1. The van der Waals surface area contributed by atoms with E-state index in [0.717, 1.165) is 14.7 Å². The molecule has 2 aromatic rings. The van der Waals surface area contributed by atoms with E-state index < -0.39 is 17.7 Å². The van der Waals surface area contributed by atoms with E-state index in [2.05, 4.69) is 10.3 Å². The van der Waals surface area contributed by atoms with Crippen molar-refractivity contribution in [3.8, 4) is 5.75 Å². The quantitative estimate of drug-likeness (QED) is 0.758. The van der Waals surface area contributed by atoms with Crippen LogP contribution in [0.15, 0.2) is 27.4 Å². The number of thiazole rings is 1. The second-order valence-electron chi connectivity index (χ2n) is 6.34. The van der Waals surface area contributed by atoms with Gasteiger partial charge in [0.1, 0.15) is 16.9 Å². The van der Waals surface area contributed by atoms with Gasteiger partial charge >= 0.3 is 12.1 Å². The molecule has 1 amide bonds. The number of nitrogens with one attached hydrogen (secondary N) is 1. The summed E-state index contributed by atoms with van der Waals surface area (Å²) in [6.45, 7) is 7.21. The van der Waals surface area contributed by atoms with Crippen LogP contribution in [0.4, 0.5) is 9.93 Å². The molecular weight excluding hydrogens is 376 g/mol. The highest BCUT2D eigenvalue weighted by atomic mass is 32.2. The van der Waals surface area contributed by atoms with Crippen molar-refractivity contribution in [3.05, 3.63) is 29.5 Å². The average Bonchev–Trinajstić information content (AvgIpc) is 2.93. The molecule has 0 saturated carbocycles. The van der Waals surface area contributed by atoms with Crippen LogP contribution in [0.2, 0.25) is 0 Å². The monoisotopic (exact) mass is 396 g/mol. The maximum absolute atomic E-state index is 11.8. The van der Waals surface area contributed by atoms with Gasteiger partial charge in [0.05, 0.1) is 17.5 Å². The van der Waals surface area contributed by atoms with Crippen molar-refractivity contribution in [1.82, 2.24) is 4.98 Å². The van der Waals surface area contributed by atoms with Crippen LogP contribution >= 0.6 is 23.1 Å². The molecule has 0 aliphatic rings. The number of aromatic nitrogens is 1. The van der Waals surface area contributed by atoms with E-state index in [4.69, 9.17) is 9.47 Å². The van der Waals surface area contributed by atoms with Gasteiger partial charge in [-0.2, -0.15) is 0 Å². The van der Waals surface area contributed by atoms with Crippen LogP contribution in [0.3, 0.4) is 0 Å². The summed E-state index contributed by atoms with van der Waals surface area (Å²) in [5.41, 5.74) is 0.385. The average molecular weight is 396 g/mol. The summed E-state index contributed by atoms with van der Waals surface area (Å²) in [4.78, 5) is 28.1. The molecule has 26 heavy (non-hydrogen) atoms. The number of amides is 1. The number of aryl methyl sites for hydroxylation is 1. The minimum absolute atomic E-state index is 0.0946. The number of carboxylic acids is 1. The van der Waals surface area contributed by atoms with Crippen molar-refractivity contribution in [1.29, 1.82) is 0 Å². The normalized spacial score (nSPS) is 11.1. The number of ether oxygens (including phenoxy) is 2. The van der Waals surface area contributed by atoms with Gasteiger partial charge < -0.3 is 14.6 Å². The van der Waals surface area contributed by atoms with Gasteiger partial charge in [0.25, 0.3) is 0 Å². The third-order valence-electron chi connectivity index (χ3n) is 3.03. The van der Waals surface area contributed by atoms with E-state index in [9.17, 15) is 14.7 Å². The van der Waals surface area contributed by atoms with Crippen LogP contribution in [0, 0.1) is 6.92 Å². The lowest BCUT2D eigenvalue weighted by atomic mass is 10.1. The largest absolute Gasteiger partial charge is 0.496 e.